The fourth-order valence-corrected chi connectivity index (χ4v) is 13.5. The van der Waals surface area contributed by atoms with Crippen LogP contribution in [0.1, 0.15) is 98.2 Å². The van der Waals surface area contributed by atoms with Gasteiger partial charge in [-0.25, -0.2) is 0 Å². The van der Waals surface area contributed by atoms with Gasteiger partial charge < -0.3 is 35.0 Å². The van der Waals surface area contributed by atoms with Crippen molar-refractivity contribution in [2.24, 2.45) is 5.41 Å². The monoisotopic (exact) mass is 1120 g/mol. The van der Waals surface area contributed by atoms with Crippen molar-refractivity contribution in [1.82, 2.24) is 49.6 Å². The van der Waals surface area contributed by atoms with Crippen molar-refractivity contribution >= 4 is 45.7 Å². The van der Waals surface area contributed by atoms with Crippen LogP contribution in [0.5, 0.6) is 17.5 Å². The zero-order valence-corrected chi connectivity index (χ0v) is 47.8. The van der Waals surface area contributed by atoms with Crippen LogP contribution in [0.25, 0.3) is 27.8 Å². The molecule has 5 aliphatic rings. The minimum absolute atomic E-state index is 0.00217. The molecule has 2 aromatic heterocycles. The topological polar surface area (TPSA) is 196 Å². The molecule has 19 heteroatoms. The van der Waals surface area contributed by atoms with E-state index in [2.05, 4.69) is 96.1 Å². The van der Waals surface area contributed by atoms with Gasteiger partial charge in [-0.3, -0.25) is 28.9 Å². The SMILES string of the molecule is C=CC(=O)N1CCN(c2nc(OC[C@@H]3C[C@H](N4CCC5(CCN(Cc6ccc(-n7c(C(=O)NCC)nnc7-c7cc(C(C)C)c(O)cc7O)cc6)CC5)CC4)CN3C)nc3c2CCN(c2cccc4cccc(Cl)c24)C3)C[C@@H]1CC#N. The Morgan fingerprint density at radius 2 is 1.67 bits per heavy atom. The number of nitrogens with zero attached hydrogens (tertiary/aromatic N) is 12. The molecule has 4 saturated heterocycles. The maximum Gasteiger partial charge on any atom is 0.318 e. The fourth-order valence-electron chi connectivity index (χ4n) is 13.3. The molecule has 1 spiro atoms. The smallest absolute Gasteiger partial charge is 0.318 e. The van der Waals surface area contributed by atoms with Gasteiger partial charge in [-0.1, -0.05) is 68.4 Å². The number of carbonyl (C=O) groups excluding carboxylic acids is 2. The number of halogens is 1. The third-order valence-corrected chi connectivity index (χ3v) is 18.3. The number of anilines is 2. The first-order valence-corrected chi connectivity index (χ1v) is 29.2. The van der Waals surface area contributed by atoms with E-state index in [0.717, 1.165) is 85.8 Å². The maximum absolute atomic E-state index is 13.3. The number of nitrogens with one attached hydrogen (secondary N) is 1. The van der Waals surface area contributed by atoms with Crippen LogP contribution < -0.4 is 19.9 Å². The molecule has 0 unspecified atom stereocenters. The summed E-state index contributed by atoms with van der Waals surface area (Å²) in [4.78, 5) is 50.5. The van der Waals surface area contributed by atoms with Crippen LogP contribution in [0.2, 0.25) is 5.02 Å². The molecule has 5 aliphatic heterocycles. The molecular formula is C62H74ClN13O5. The van der Waals surface area contributed by atoms with Crippen LogP contribution in [-0.4, -0.2) is 164 Å². The molecule has 0 saturated carbocycles. The Labute approximate surface area is 479 Å². The van der Waals surface area contributed by atoms with E-state index in [-0.39, 0.29) is 53.6 Å². The number of fused-ring (bicyclic) bond motifs is 2. The number of aromatic hydroxyl groups is 2. The molecule has 81 heavy (non-hydrogen) atoms. The van der Waals surface area contributed by atoms with Gasteiger partial charge in [0.05, 0.1) is 41.4 Å². The lowest BCUT2D eigenvalue weighted by molar-refractivity contribution is -0.128. The first-order valence-electron chi connectivity index (χ1n) is 28.8. The normalized spacial score (nSPS) is 20.7. The van der Waals surface area contributed by atoms with Crippen molar-refractivity contribution in [2.75, 3.05) is 88.9 Å². The summed E-state index contributed by atoms with van der Waals surface area (Å²) in [6.07, 6.45) is 8.00. The van der Waals surface area contributed by atoms with Crippen molar-refractivity contribution in [3.63, 3.8) is 0 Å². The number of ether oxygens (including phenoxy) is 1. The summed E-state index contributed by atoms with van der Waals surface area (Å²) in [5.74, 6) is 0.560. The second-order valence-electron chi connectivity index (χ2n) is 23.1. The molecule has 11 rings (SSSR count). The zero-order chi connectivity index (χ0) is 56.5. The highest BCUT2D eigenvalue weighted by Crippen LogP contribution is 2.44. The molecule has 0 bridgehead atoms. The summed E-state index contributed by atoms with van der Waals surface area (Å²) in [6, 6.07) is 26.5. The summed E-state index contributed by atoms with van der Waals surface area (Å²) in [5.41, 5.74) is 6.31. The lowest BCUT2D eigenvalue weighted by atomic mass is 9.71. The van der Waals surface area contributed by atoms with Crippen LogP contribution in [-0.2, 0) is 24.3 Å². The lowest BCUT2D eigenvalue weighted by Gasteiger charge is -2.48. The minimum atomic E-state index is -0.370. The molecule has 4 aromatic carbocycles. The van der Waals surface area contributed by atoms with Gasteiger partial charge in [0.1, 0.15) is 23.9 Å². The van der Waals surface area contributed by atoms with E-state index in [1.165, 1.54) is 43.4 Å². The molecule has 7 heterocycles. The quantitative estimate of drug-likeness (QED) is 0.0830. The van der Waals surface area contributed by atoms with Gasteiger partial charge in [0.25, 0.3) is 5.91 Å². The van der Waals surface area contributed by atoms with Crippen LogP contribution in [0.4, 0.5) is 11.5 Å². The summed E-state index contributed by atoms with van der Waals surface area (Å²) < 4.78 is 8.36. The summed E-state index contributed by atoms with van der Waals surface area (Å²) in [5, 5.41) is 45.7. The Morgan fingerprint density at radius 3 is 2.40 bits per heavy atom. The number of phenols is 2. The highest BCUT2D eigenvalue weighted by Gasteiger charge is 2.42. The molecule has 6 aromatic rings. The minimum Gasteiger partial charge on any atom is -0.508 e. The standard InChI is InChI=1S/C62H74ClN13O5/c1-6-55(79)75-31-30-74(37-44(75)18-24-64)57-47-19-25-73(52-13-9-11-42-10-8-12-50(63)56(42)52)38-51(47)66-61(67-57)81-39-46-32-45(36-70(46)5)72-28-22-62(23-29-72)20-26-71(27-21-62)35-41-14-16-43(17-15-41)76-58(68-69-59(76)60(80)65-7-2)49-33-48(40(3)4)53(77)34-54(49)78/h6,8-17,33-34,40,44-46,77-78H,1,7,18-23,25-32,35-39H2,2-5H3,(H,65,80)/t44-,45-,46-/m0/s1. The summed E-state index contributed by atoms with van der Waals surface area (Å²) in [6.45, 7) is 19.3. The number of nitriles is 1. The highest BCUT2D eigenvalue weighted by atomic mass is 35.5. The van der Waals surface area contributed by atoms with Gasteiger partial charge in [0, 0.05) is 86.3 Å². The Kier molecular flexibility index (Phi) is 16.2. The number of hydrogen-bond acceptors (Lipinski definition) is 15. The number of likely N-dealkylation sites (N-methyl/N-ethyl adjacent to an activating group) is 1. The van der Waals surface area contributed by atoms with E-state index in [9.17, 15) is 25.1 Å². The number of rotatable bonds is 15. The van der Waals surface area contributed by atoms with E-state index >= 15 is 0 Å². The van der Waals surface area contributed by atoms with Crippen molar-refractivity contribution in [1.29, 1.82) is 5.26 Å². The third-order valence-electron chi connectivity index (χ3n) is 17.9. The number of piperidine rings is 2. The molecule has 3 atom stereocenters. The van der Waals surface area contributed by atoms with Crippen LogP contribution >= 0.6 is 11.6 Å². The van der Waals surface area contributed by atoms with E-state index in [4.69, 9.17) is 26.3 Å². The highest BCUT2D eigenvalue weighted by molar-refractivity contribution is 6.36. The maximum atomic E-state index is 13.3. The first-order chi connectivity index (χ1) is 39.2. The van der Waals surface area contributed by atoms with Gasteiger partial charge >= 0.3 is 6.01 Å². The second-order valence-corrected chi connectivity index (χ2v) is 23.5. The number of amides is 2. The first kappa shape index (κ1) is 55.6. The number of phenolic OH excluding ortho intramolecular Hbond substituents is 2. The van der Waals surface area contributed by atoms with Crippen LogP contribution in [0.15, 0.2) is 85.5 Å². The van der Waals surface area contributed by atoms with Crippen molar-refractivity contribution in [3.05, 3.63) is 119 Å². The van der Waals surface area contributed by atoms with E-state index < -0.39 is 0 Å². The van der Waals surface area contributed by atoms with Crippen LogP contribution in [0.3, 0.4) is 0 Å². The van der Waals surface area contributed by atoms with Gasteiger partial charge in [-0.05, 0) is 143 Å². The Balaban J connectivity index is 0.717. The Morgan fingerprint density at radius 1 is 0.914 bits per heavy atom. The van der Waals surface area contributed by atoms with Crippen LogP contribution in [0, 0.1) is 16.7 Å². The molecule has 2 amide bonds. The van der Waals surface area contributed by atoms with Gasteiger partial charge in [-0.2, -0.15) is 15.2 Å². The predicted octanol–water partition coefficient (Wildman–Crippen LogP) is 8.32. The van der Waals surface area contributed by atoms with E-state index in [1.54, 1.807) is 15.5 Å². The fraction of sp³-hybridized carbons (Fsp3) is 0.468. The van der Waals surface area contributed by atoms with Crippen molar-refractivity contribution < 1.29 is 24.5 Å². The molecular weight excluding hydrogens is 1040 g/mol. The summed E-state index contributed by atoms with van der Waals surface area (Å²) in [7, 11) is 2.20. The number of benzene rings is 4. The average Bonchev–Trinajstić information content (AvgIpc) is 4.11. The Hall–Kier alpha value is -7.30. The third kappa shape index (κ3) is 11.4. The zero-order valence-electron chi connectivity index (χ0n) is 47.0. The second kappa shape index (κ2) is 23.7. The Bertz CT molecular complexity index is 3340. The predicted molar refractivity (Wildman–Crippen MR) is 314 cm³/mol. The molecule has 3 N–H and O–H groups in total. The van der Waals surface area contributed by atoms with Gasteiger partial charge in [0.15, 0.2) is 5.82 Å². The van der Waals surface area contributed by atoms with Gasteiger partial charge in [-0.15, -0.1) is 10.2 Å². The van der Waals surface area contributed by atoms with Crippen molar-refractivity contribution in [2.45, 2.75) is 103 Å². The average molecular weight is 1120 g/mol. The number of hydrogen-bond donors (Lipinski definition) is 3. The molecule has 18 nitrogen and oxygen atoms in total. The number of carbonyl (C=O) groups is 2. The molecule has 424 valence electrons. The lowest BCUT2D eigenvalue weighted by Crippen LogP contribution is -2.55. The van der Waals surface area contributed by atoms with Gasteiger partial charge in [0.2, 0.25) is 11.7 Å². The molecule has 0 aliphatic carbocycles. The summed E-state index contributed by atoms with van der Waals surface area (Å²) >= 11 is 6.85. The largest absolute Gasteiger partial charge is 0.508 e. The molecule has 0 radical (unpaired) electrons. The van der Waals surface area contributed by atoms with Crippen molar-refractivity contribution in [3.8, 4) is 40.7 Å². The number of piperazine rings is 1. The molecule has 4 fully saturated rings. The van der Waals surface area contributed by atoms with E-state index in [1.807, 2.05) is 45.0 Å². The number of aromatic nitrogens is 5. The number of likely N-dealkylation sites (tertiary alicyclic amines) is 3. The van der Waals surface area contributed by atoms with E-state index in [0.29, 0.717) is 90.9 Å².